The second-order valence-corrected chi connectivity index (χ2v) is 6.21. The highest BCUT2D eigenvalue weighted by Gasteiger charge is 2.24. The Morgan fingerprint density at radius 1 is 0.842 bits per heavy atom. The Labute approximate surface area is 119 Å². The van der Waals surface area contributed by atoms with Gasteiger partial charge in [-0.05, 0) is 23.6 Å². The Bertz CT molecular complexity index is 481. The van der Waals surface area contributed by atoms with Gasteiger partial charge in [-0.3, -0.25) is 0 Å². The first kappa shape index (κ1) is 14.2. The van der Waals surface area contributed by atoms with E-state index in [4.69, 9.17) is 0 Å². The van der Waals surface area contributed by atoms with Crippen molar-refractivity contribution >= 4 is 11.8 Å². The predicted octanol–water partition coefficient (Wildman–Crippen LogP) is 4.54. The molecule has 0 radical (unpaired) electrons. The van der Waals surface area contributed by atoms with Gasteiger partial charge in [-0.15, -0.1) is 11.8 Å². The minimum absolute atomic E-state index is 0.0728. The third-order valence-corrected chi connectivity index (χ3v) is 4.48. The molecular formula is C17H20OS. The van der Waals surface area contributed by atoms with Crippen molar-refractivity contribution in [1.29, 1.82) is 0 Å². The lowest BCUT2D eigenvalue weighted by molar-refractivity contribution is 0.122. The molecule has 1 nitrogen and oxygen atoms in total. The molecule has 0 aliphatic rings. The fourth-order valence-corrected chi connectivity index (χ4v) is 3.33. The topological polar surface area (TPSA) is 20.2 Å². The van der Waals surface area contributed by atoms with Crippen molar-refractivity contribution in [3.63, 3.8) is 0 Å². The molecule has 1 N–H and O–H groups in total. The van der Waals surface area contributed by atoms with Crippen LogP contribution in [0.3, 0.4) is 0 Å². The summed E-state index contributed by atoms with van der Waals surface area (Å²) >= 11 is 1.73. The van der Waals surface area contributed by atoms with Crippen LogP contribution >= 0.6 is 11.8 Å². The monoisotopic (exact) mass is 272 g/mol. The van der Waals surface area contributed by atoms with E-state index < -0.39 is 0 Å². The first-order valence-corrected chi connectivity index (χ1v) is 7.51. The standard InChI is InChI=1S/C17H20OS/c1-13(2)16(18)17(14-9-5-3-6-10-14)19-15-11-7-4-8-12-15/h3-13,16-18H,1-2H3/t16-,17-/m0/s1. The summed E-state index contributed by atoms with van der Waals surface area (Å²) in [5.41, 5.74) is 1.18. The number of thioether (sulfide) groups is 1. The molecule has 2 rings (SSSR count). The van der Waals surface area contributed by atoms with E-state index in [2.05, 4.69) is 38.1 Å². The van der Waals surface area contributed by atoms with Crippen LogP contribution in [-0.4, -0.2) is 11.2 Å². The molecule has 2 aromatic rings. The van der Waals surface area contributed by atoms with Gasteiger partial charge >= 0.3 is 0 Å². The van der Waals surface area contributed by atoms with E-state index in [1.54, 1.807) is 11.8 Å². The first-order chi connectivity index (χ1) is 9.18. The Morgan fingerprint density at radius 2 is 1.37 bits per heavy atom. The minimum atomic E-state index is -0.354. The Morgan fingerprint density at radius 3 is 1.89 bits per heavy atom. The molecule has 0 saturated heterocycles. The van der Waals surface area contributed by atoms with Crippen LogP contribution in [0.1, 0.15) is 24.7 Å². The largest absolute Gasteiger partial charge is 0.391 e. The van der Waals surface area contributed by atoms with Gasteiger partial charge < -0.3 is 5.11 Å². The highest BCUT2D eigenvalue weighted by molar-refractivity contribution is 7.99. The average molecular weight is 272 g/mol. The third-order valence-electron chi connectivity index (χ3n) is 3.13. The summed E-state index contributed by atoms with van der Waals surface area (Å²) in [5, 5.41) is 10.6. The second-order valence-electron chi connectivity index (χ2n) is 5.00. The van der Waals surface area contributed by atoms with Crippen molar-refractivity contribution in [2.75, 3.05) is 0 Å². The lowest BCUT2D eigenvalue weighted by atomic mass is 9.99. The molecule has 0 aliphatic carbocycles. The van der Waals surface area contributed by atoms with Gasteiger partial charge in [-0.25, -0.2) is 0 Å². The molecule has 0 unspecified atom stereocenters. The molecule has 0 heterocycles. The average Bonchev–Trinajstić information content (AvgIpc) is 2.46. The molecule has 19 heavy (non-hydrogen) atoms. The van der Waals surface area contributed by atoms with E-state index in [1.807, 2.05) is 36.4 Å². The lowest BCUT2D eigenvalue weighted by Crippen LogP contribution is -2.22. The fourth-order valence-electron chi connectivity index (χ4n) is 1.97. The Hall–Kier alpha value is -1.25. The third kappa shape index (κ3) is 3.85. The number of hydrogen-bond acceptors (Lipinski definition) is 2. The van der Waals surface area contributed by atoms with Gasteiger partial charge in [0.15, 0.2) is 0 Å². The SMILES string of the molecule is CC(C)[C@H](O)[C@@H](Sc1ccccc1)c1ccccc1. The van der Waals surface area contributed by atoms with Gasteiger partial charge in [0, 0.05) is 4.90 Å². The molecule has 0 spiro atoms. The summed E-state index contributed by atoms with van der Waals surface area (Å²) in [6.45, 7) is 4.12. The maximum absolute atomic E-state index is 10.5. The van der Waals surface area contributed by atoms with Gasteiger partial charge in [0.2, 0.25) is 0 Å². The van der Waals surface area contributed by atoms with Crippen LogP contribution in [0.25, 0.3) is 0 Å². The molecule has 0 bridgehead atoms. The molecule has 0 aliphatic heterocycles. The quantitative estimate of drug-likeness (QED) is 0.807. The molecule has 0 aromatic heterocycles. The van der Waals surface area contributed by atoms with Gasteiger partial charge in [0.05, 0.1) is 11.4 Å². The Balaban J connectivity index is 2.25. The molecule has 0 saturated carbocycles. The van der Waals surface area contributed by atoms with E-state index in [0.29, 0.717) is 0 Å². The highest BCUT2D eigenvalue weighted by atomic mass is 32.2. The van der Waals surface area contributed by atoms with Crippen LogP contribution in [0.4, 0.5) is 0 Å². The number of rotatable bonds is 5. The van der Waals surface area contributed by atoms with Crippen molar-refractivity contribution in [3.05, 3.63) is 66.2 Å². The van der Waals surface area contributed by atoms with Crippen LogP contribution in [-0.2, 0) is 0 Å². The molecule has 0 fully saturated rings. The van der Waals surface area contributed by atoms with Crippen molar-refractivity contribution in [2.45, 2.75) is 30.1 Å². The van der Waals surface area contributed by atoms with E-state index in [9.17, 15) is 5.11 Å². The minimum Gasteiger partial charge on any atom is -0.391 e. The summed E-state index contributed by atoms with van der Waals surface area (Å²) in [5.74, 6) is 0.237. The molecular weight excluding hydrogens is 252 g/mol. The molecule has 100 valence electrons. The highest BCUT2D eigenvalue weighted by Crippen LogP contribution is 2.39. The number of benzene rings is 2. The van der Waals surface area contributed by atoms with Gasteiger partial charge in [-0.1, -0.05) is 62.4 Å². The fraction of sp³-hybridized carbons (Fsp3) is 0.294. The maximum Gasteiger partial charge on any atom is 0.0726 e. The molecule has 0 amide bonds. The van der Waals surface area contributed by atoms with E-state index in [0.717, 1.165) is 0 Å². The van der Waals surface area contributed by atoms with Gasteiger partial charge in [0.1, 0.15) is 0 Å². The number of hydrogen-bond donors (Lipinski definition) is 1. The number of aliphatic hydroxyl groups excluding tert-OH is 1. The first-order valence-electron chi connectivity index (χ1n) is 6.63. The van der Waals surface area contributed by atoms with Crippen LogP contribution in [0.2, 0.25) is 0 Å². The Kier molecular flexibility index (Phi) is 5.06. The second kappa shape index (κ2) is 6.78. The van der Waals surface area contributed by atoms with E-state index >= 15 is 0 Å². The van der Waals surface area contributed by atoms with E-state index in [-0.39, 0.29) is 17.3 Å². The smallest absolute Gasteiger partial charge is 0.0726 e. The van der Waals surface area contributed by atoms with Gasteiger partial charge in [-0.2, -0.15) is 0 Å². The van der Waals surface area contributed by atoms with Crippen LogP contribution in [0.5, 0.6) is 0 Å². The zero-order valence-electron chi connectivity index (χ0n) is 11.4. The zero-order chi connectivity index (χ0) is 13.7. The number of aliphatic hydroxyl groups is 1. The van der Waals surface area contributed by atoms with Crippen LogP contribution in [0, 0.1) is 5.92 Å². The lowest BCUT2D eigenvalue weighted by Gasteiger charge is -2.25. The van der Waals surface area contributed by atoms with Crippen molar-refractivity contribution < 1.29 is 5.11 Å². The summed E-state index contributed by atoms with van der Waals surface area (Å²) in [6.07, 6.45) is -0.354. The van der Waals surface area contributed by atoms with Crippen LogP contribution < -0.4 is 0 Å². The zero-order valence-corrected chi connectivity index (χ0v) is 12.2. The maximum atomic E-state index is 10.5. The van der Waals surface area contributed by atoms with Crippen molar-refractivity contribution in [1.82, 2.24) is 0 Å². The van der Waals surface area contributed by atoms with E-state index in [1.165, 1.54) is 10.5 Å². The summed E-state index contributed by atoms with van der Waals surface area (Å²) in [4.78, 5) is 1.19. The van der Waals surface area contributed by atoms with Gasteiger partial charge in [0.25, 0.3) is 0 Å². The van der Waals surface area contributed by atoms with Crippen LogP contribution in [0.15, 0.2) is 65.6 Å². The molecule has 2 heteroatoms. The van der Waals surface area contributed by atoms with Crippen molar-refractivity contribution in [2.24, 2.45) is 5.92 Å². The van der Waals surface area contributed by atoms with Crippen molar-refractivity contribution in [3.8, 4) is 0 Å². The summed E-state index contributed by atoms with van der Waals surface area (Å²) in [7, 11) is 0. The predicted molar refractivity (Wildman–Crippen MR) is 82.3 cm³/mol. The normalized spacial score (nSPS) is 14.3. The summed E-state index contributed by atoms with van der Waals surface area (Å²) < 4.78 is 0. The molecule has 2 atom stereocenters. The molecule has 2 aromatic carbocycles. The summed E-state index contributed by atoms with van der Waals surface area (Å²) in [6, 6.07) is 20.5.